The number of β-amino-alcohol motifs (C(OH)–C–C–N with tert-alkyl or cyclic N) is 1. The molecule has 1 aromatic carbocycles. The van der Waals surface area contributed by atoms with Crippen LogP contribution in [-0.2, 0) is 11.3 Å². The quantitative estimate of drug-likeness (QED) is 0.947. The third-order valence-corrected chi connectivity index (χ3v) is 4.28. The van der Waals surface area contributed by atoms with E-state index in [9.17, 15) is 9.90 Å². The van der Waals surface area contributed by atoms with Crippen molar-refractivity contribution in [2.75, 3.05) is 13.1 Å². The standard InChI is InChI=1S/C16H19ClN2O2/c17-13-3-4-15-12(10-13)5-8-18(15)9-6-16(21)19-7-1-2-14(20)11-19/h3-5,8,10,14,20H,1-2,6-7,9,11H2. The summed E-state index contributed by atoms with van der Waals surface area (Å²) in [6.07, 6.45) is 3.76. The van der Waals surface area contributed by atoms with Crippen molar-refractivity contribution in [1.29, 1.82) is 0 Å². The Bertz CT molecular complexity index is 653. The second kappa shape index (κ2) is 6.08. The number of halogens is 1. The molecule has 1 N–H and O–H groups in total. The molecule has 4 nitrogen and oxygen atoms in total. The van der Waals surface area contributed by atoms with E-state index in [1.165, 1.54) is 0 Å². The number of amides is 1. The molecule has 1 unspecified atom stereocenters. The maximum Gasteiger partial charge on any atom is 0.224 e. The number of benzene rings is 1. The maximum atomic E-state index is 12.2. The van der Waals surface area contributed by atoms with Gasteiger partial charge in [0.05, 0.1) is 6.10 Å². The molecular weight excluding hydrogens is 288 g/mol. The maximum absolute atomic E-state index is 12.2. The Kier molecular flexibility index (Phi) is 4.17. The lowest BCUT2D eigenvalue weighted by Gasteiger charge is -2.30. The van der Waals surface area contributed by atoms with Gasteiger partial charge in [-0.25, -0.2) is 0 Å². The van der Waals surface area contributed by atoms with E-state index in [0.717, 1.165) is 35.3 Å². The van der Waals surface area contributed by atoms with Crippen molar-refractivity contribution < 1.29 is 9.90 Å². The highest BCUT2D eigenvalue weighted by atomic mass is 35.5. The number of rotatable bonds is 3. The summed E-state index contributed by atoms with van der Waals surface area (Å²) in [5.41, 5.74) is 1.09. The van der Waals surface area contributed by atoms with E-state index in [1.54, 1.807) is 4.90 Å². The van der Waals surface area contributed by atoms with Crippen LogP contribution in [-0.4, -0.2) is 39.7 Å². The number of likely N-dealkylation sites (tertiary alicyclic amines) is 1. The van der Waals surface area contributed by atoms with Crippen molar-refractivity contribution in [2.45, 2.75) is 31.9 Å². The van der Waals surface area contributed by atoms with Gasteiger partial charge in [-0.15, -0.1) is 0 Å². The summed E-state index contributed by atoms with van der Waals surface area (Å²) >= 11 is 5.98. The predicted molar refractivity (Wildman–Crippen MR) is 83.4 cm³/mol. The molecule has 1 aliphatic rings. The van der Waals surface area contributed by atoms with Gasteiger partial charge in [0.25, 0.3) is 0 Å². The minimum absolute atomic E-state index is 0.115. The number of hydrogen-bond acceptors (Lipinski definition) is 2. The molecule has 2 heterocycles. The largest absolute Gasteiger partial charge is 0.391 e. The lowest BCUT2D eigenvalue weighted by atomic mass is 10.1. The lowest BCUT2D eigenvalue weighted by Crippen LogP contribution is -2.42. The van der Waals surface area contributed by atoms with E-state index < -0.39 is 0 Å². The van der Waals surface area contributed by atoms with Gasteiger partial charge in [0.1, 0.15) is 0 Å². The monoisotopic (exact) mass is 306 g/mol. The molecule has 1 aromatic heterocycles. The first-order valence-electron chi connectivity index (χ1n) is 7.34. The Morgan fingerprint density at radius 3 is 3.05 bits per heavy atom. The number of aryl methyl sites for hydroxylation is 1. The van der Waals surface area contributed by atoms with E-state index in [1.807, 2.05) is 30.5 Å². The van der Waals surface area contributed by atoms with Crippen LogP contribution in [0.15, 0.2) is 30.5 Å². The summed E-state index contributed by atoms with van der Waals surface area (Å²) in [6, 6.07) is 7.78. The Morgan fingerprint density at radius 2 is 2.24 bits per heavy atom. The first-order chi connectivity index (χ1) is 10.1. The van der Waals surface area contributed by atoms with Crippen molar-refractivity contribution in [1.82, 2.24) is 9.47 Å². The molecule has 0 radical (unpaired) electrons. The summed E-state index contributed by atoms with van der Waals surface area (Å²) in [5.74, 6) is 0.115. The number of nitrogens with zero attached hydrogens (tertiary/aromatic N) is 2. The Labute approximate surface area is 128 Å². The number of piperidine rings is 1. The van der Waals surface area contributed by atoms with Gasteiger partial charge >= 0.3 is 0 Å². The highest BCUT2D eigenvalue weighted by Crippen LogP contribution is 2.21. The number of aliphatic hydroxyl groups is 1. The van der Waals surface area contributed by atoms with Crippen molar-refractivity contribution in [3.63, 3.8) is 0 Å². The second-order valence-electron chi connectivity index (χ2n) is 5.60. The fourth-order valence-electron chi connectivity index (χ4n) is 2.92. The van der Waals surface area contributed by atoms with Crippen molar-refractivity contribution in [2.24, 2.45) is 0 Å². The number of carbonyl (C=O) groups excluding carboxylic acids is 1. The highest BCUT2D eigenvalue weighted by Gasteiger charge is 2.21. The fourth-order valence-corrected chi connectivity index (χ4v) is 3.10. The summed E-state index contributed by atoms with van der Waals surface area (Å²) < 4.78 is 2.07. The van der Waals surface area contributed by atoms with Gasteiger partial charge in [-0.2, -0.15) is 0 Å². The third kappa shape index (κ3) is 3.22. The summed E-state index contributed by atoms with van der Waals surface area (Å²) in [6.45, 7) is 1.88. The molecule has 1 amide bonds. The molecule has 1 fully saturated rings. The van der Waals surface area contributed by atoms with Gasteiger partial charge in [0.2, 0.25) is 5.91 Å². The van der Waals surface area contributed by atoms with Gasteiger partial charge < -0.3 is 14.6 Å². The van der Waals surface area contributed by atoms with Gasteiger partial charge in [-0.05, 0) is 37.1 Å². The van der Waals surface area contributed by atoms with E-state index in [4.69, 9.17) is 11.6 Å². The zero-order valence-electron chi connectivity index (χ0n) is 11.8. The zero-order chi connectivity index (χ0) is 14.8. The van der Waals surface area contributed by atoms with Crippen LogP contribution in [0, 0.1) is 0 Å². The van der Waals surface area contributed by atoms with E-state index in [2.05, 4.69) is 4.57 Å². The summed E-state index contributed by atoms with van der Waals surface area (Å²) in [7, 11) is 0. The first-order valence-corrected chi connectivity index (χ1v) is 7.71. The van der Waals surface area contributed by atoms with E-state index in [0.29, 0.717) is 19.5 Å². The van der Waals surface area contributed by atoms with Gasteiger partial charge in [0, 0.05) is 48.2 Å². The molecule has 0 bridgehead atoms. The van der Waals surface area contributed by atoms with Crippen molar-refractivity contribution >= 4 is 28.4 Å². The fraction of sp³-hybridized carbons (Fsp3) is 0.438. The molecule has 112 valence electrons. The normalized spacial score (nSPS) is 19.1. The minimum Gasteiger partial charge on any atom is -0.391 e. The van der Waals surface area contributed by atoms with Gasteiger partial charge in [-0.3, -0.25) is 4.79 Å². The van der Waals surface area contributed by atoms with Crippen LogP contribution in [0.2, 0.25) is 5.02 Å². The third-order valence-electron chi connectivity index (χ3n) is 4.05. The van der Waals surface area contributed by atoms with E-state index in [-0.39, 0.29) is 12.0 Å². The van der Waals surface area contributed by atoms with Crippen LogP contribution in [0.3, 0.4) is 0 Å². The molecule has 2 aromatic rings. The number of aromatic nitrogens is 1. The van der Waals surface area contributed by atoms with Crippen LogP contribution in [0.5, 0.6) is 0 Å². The number of hydrogen-bond donors (Lipinski definition) is 1. The molecular formula is C16H19ClN2O2. The van der Waals surface area contributed by atoms with Crippen LogP contribution in [0.1, 0.15) is 19.3 Å². The van der Waals surface area contributed by atoms with Crippen molar-refractivity contribution in [3.8, 4) is 0 Å². The molecule has 1 atom stereocenters. The van der Waals surface area contributed by atoms with Crippen LogP contribution >= 0.6 is 11.6 Å². The van der Waals surface area contributed by atoms with Crippen LogP contribution in [0.4, 0.5) is 0 Å². The molecule has 1 saturated heterocycles. The minimum atomic E-state index is -0.364. The van der Waals surface area contributed by atoms with E-state index >= 15 is 0 Å². The predicted octanol–water partition coefficient (Wildman–Crippen LogP) is 2.67. The Morgan fingerprint density at radius 1 is 1.38 bits per heavy atom. The average Bonchev–Trinajstić information content (AvgIpc) is 2.87. The smallest absolute Gasteiger partial charge is 0.224 e. The molecule has 0 spiro atoms. The second-order valence-corrected chi connectivity index (χ2v) is 6.03. The SMILES string of the molecule is O=C(CCn1ccc2cc(Cl)ccc21)N1CCCC(O)C1. The van der Waals surface area contributed by atoms with Crippen LogP contribution < -0.4 is 0 Å². The van der Waals surface area contributed by atoms with Gasteiger partial charge in [-0.1, -0.05) is 11.6 Å². The Hall–Kier alpha value is -1.52. The van der Waals surface area contributed by atoms with Gasteiger partial charge in [0.15, 0.2) is 0 Å². The number of aliphatic hydroxyl groups excluding tert-OH is 1. The molecule has 0 saturated carbocycles. The summed E-state index contributed by atoms with van der Waals surface area (Å²) in [5, 5.41) is 11.4. The van der Waals surface area contributed by atoms with Crippen LogP contribution in [0.25, 0.3) is 10.9 Å². The molecule has 1 aliphatic heterocycles. The highest BCUT2D eigenvalue weighted by molar-refractivity contribution is 6.31. The molecule has 21 heavy (non-hydrogen) atoms. The van der Waals surface area contributed by atoms with Crippen molar-refractivity contribution in [3.05, 3.63) is 35.5 Å². The topological polar surface area (TPSA) is 45.5 Å². The Balaban J connectivity index is 1.64. The number of carbonyl (C=O) groups is 1. The zero-order valence-corrected chi connectivity index (χ0v) is 12.6. The molecule has 3 rings (SSSR count). The lowest BCUT2D eigenvalue weighted by molar-refractivity contribution is -0.134. The number of fused-ring (bicyclic) bond motifs is 1. The molecule has 5 heteroatoms. The average molecular weight is 307 g/mol. The molecule has 0 aliphatic carbocycles. The summed E-state index contributed by atoms with van der Waals surface area (Å²) in [4.78, 5) is 14.0. The first kappa shape index (κ1) is 14.4.